The topological polar surface area (TPSA) is 29.9 Å². The maximum Gasteiger partial charge on any atom is 0.0728 e. The van der Waals surface area contributed by atoms with E-state index in [-0.39, 0.29) is 0 Å². The van der Waals surface area contributed by atoms with Crippen LogP contribution in [-0.2, 0) is 6.54 Å². The van der Waals surface area contributed by atoms with Gasteiger partial charge in [0.25, 0.3) is 0 Å². The highest BCUT2D eigenvalue weighted by molar-refractivity contribution is 5.40. The molecule has 0 spiro atoms. The first-order chi connectivity index (χ1) is 7.85. The molecule has 2 saturated carbocycles. The lowest BCUT2D eigenvalue weighted by Crippen LogP contribution is -2.25. The van der Waals surface area contributed by atoms with Crippen LogP contribution in [0.5, 0.6) is 0 Å². The normalized spacial score (nSPS) is 32.2. The molecule has 3 atom stereocenters. The van der Waals surface area contributed by atoms with Gasteiger partial charge in [0, 0.05) is 18.8 Å². The summed E-state index contributed by atoms with van der Waals surface area (Å²) in [6.45, 7) is 3.21. The Balaban J connectivity index is 1.61. The Morgan fingerprint density at radius 3 is 3.06 bits per heavy atom. The highest BCUT2D eigenvalue weighted by Gasteiger charge is 2.39. The van der Waals surface area contributed by atoms with Crippen LogP contribution in [0.3, 0.4) is 0 Å². The lowest BCUT2D eigenvalue weighted by molar-refractivity contribution is 0.440. The third-order valence-electron chi connectivity index (χ3n) is 4.18. The SMILES string of the molecule is CCCn1cc(NC2CC3CCC2C3)cn1. The molecule has 0 amide bonds. The zero-order valence-electron chi connectivity index (χ0n) is 10.0. The molecule has 3 nitrogen and oxygen atoms in total. The van der Waals surface area contributed by atoms with Crippen LogP contribution < -0.4 is 5.32 Å². The highest BCUT2D eigenvalue weighted by Crippen LogP contribution is 2.45. The van der Waals surface area contributed by atoms with Gasteiger partial charge in [0.2, 0.25) is 0 Å². The van der Waals surface area contributed by atoms with Crippen molar-refractivity contribution >= 4 is 5.69 Å². The van der Waals surface area contributed by atoms with Gasteiger partial charge < -0.3 is 5.32 Å². The fourth-order valence-corrected chi connectivity index (χ4v) is 3.43. The molecule has 2 fully saturated rings. The smallest absolute Gasteiger partial charge is 0.0728 e. The summed E-state index contributed by atoms with van der Waals surface area (Å²) in [6, 6.07) is 0.720. The molecule has 1 aromatic rings. The summed E-state index contributed by atoms with van der Waals surface area (Å²) in [5, 5.41) is 8.03. The van der Waals surface area contributed by atoms with Crippen LogP contribution in [0.1, 0.15) is 39.0 Å². The maximum atomic E-state index is 4.36. The van der Waals surface area contributed by atoms with E-state index in [0.29, 0.717) is 0 Å². The van der Waals surface area contributed by atoms with E-state index in [1.165, 1.54) is 31.4 Å². The minimum Gasteiger partial charge on any atom is -0.379 e. The number of rotatable bonds is 4. The van der Waals surface area contributed by atoms with Gasteiger partial charge in [-0.15, -0.1) is 0 Å². The monoisotopic (exact) mass is 219 g/mol. The lowest BCUT2D eigenvalue weighted by atomic mass is 9.95. The first kappa shape index (κ1) is 10.2. The molecule has 16 heavy (non-hydrogen) atoms. The van der Waals surface area contributed by atoms with Crippen molar-refractivity contribution in [3.8, 4) is 0 Å². The van der Waals surface area contributed by atoms with E-state index in [1.807, 2.05) is 10.9 Å². The van der Waals surface area contributed by atoms with Gasteiger partial charge in [0.15, 0.2) is 0 Å². The van der Waals surface area contributed by atoms with Crippen molar-refractivity contribution in [1.82, 2.24) is 9.78 Å². The van der Waals surface area contributed by atoms with E-state index in [1.54, 1.807) is 0 Å². The van der Waals surface area contributed by atoms with Crippen molar-refractivity contribution in [2.75, 3.05) is 5.32 Å². The predicted octanol–water partition coefficient (Wildman–Crippen LogP) is 2.89. The van der Waals surface area contributed by atoms with Crippen LogP contribution in [0, 0.1) is 11.8 Å². The second-order valence-electron chi connectivity index (χ2n) is 5.42. The van der Waals surface area contributed by atoms with E-state index in [0.717, 1.165) is 30.8 Å². The first-order valence-electron chi connectivity index (χ1n) is 6.64. The van der Waals surface area contributed by atoms with Gasteiger partial charge in [0.05, 0.1) is 11.9 Å². The van der Waals surface area contributed by atoms with E-state index in [9.17, 15) is 0 Å². The predicted molar refractivity (Wildman–Crippen MR) is 65.4 cm³/mol. The van der Waals surface area contributed by atoms with Crippen molar-refractivity contribution < 1.29 is 0 Å². The summed E-state index contributed by atoms with van der Waals surface area (Å²) in [6.07, 6.45) is 11.0. The molecule has 3 heteroatoms. The van der Waals surface area contributed by atoms with Crippen LogP contribution in [-0.4, -0.2) is 15.8 Å². The molecular formula is C13H21N3. The second-order valence-corrected chi connectivity index (χ2v) is 5.42. The summed E-state index contributed by atoms with van der Waals surface area (Å²) in [5.41, 5.74) is 1.21. The molecular weight excluding hydrogens is 198 g/mol. The molecule has 3 unspecified atom stereocenters. The summed E-state index contributed by atoms with van der Waals surface area (Å²) in [7, 11) is 0. The fraction of sp³-hybridized carbons (Fsp3) is 0.769. The molecule has 0 aromatic carbocycles. The average Bonchev–Trinajstić information content (AvgIpc) is 2.95. The standard InChI is InChI=1S/C13H21N3/c1-2-5-16-9-12(8-14-16)15-13-7-10-3-4-11(13)6-10/h8-11,13,15H,2-7H2,1H3. The molecule has 3 rings (SSSR count). The van der Waals surface area contributed by atoms with Crippen LogP contribution in [0.15, 0.2) is 12.4 Å². The van der Waals surface area contributed by atoms with Gasteiger partial charge in [-0.2, -0.15) is 5.10 Å². The average molecular weight is 219 g/mol. The Hall–Kier alpha value is -0.990. The zero-order valence-corrected chi connectivity index (χ0v) is 10.0. The summed E-state index contributed by atoms with van der Waals surface area (Å²) in [4.78, 5) is 0. The highest BCUT2D eigenvalue weighted by atomic mass is 15.3. The van der Waals surface area contributed by atoms with Crippen molar-refractivity contribution in [3.05, 3.63) is 12.4 Å². The lowest BCUT2D eigenvalue weighted by Gasteiger charge is -2.22. The second kappa shape index (κ2) is 4.11. The van der Waals surface area contributed by atoms with Crippen LogP contribution in [0.2, 0.25) is 0 Å². The summed E-state index contributed by atoms with van der Waals surface area (Å²) in [5.74, 6) is 1.94. The van der Waals surface area contributed by atoms with E-state index in [4.69, 9.17) is 0 Å². The van der Waals surface area contributed by atoms with E-state index in [2.05, 4.69) is 23.5 Å². The summed E-state index contributed by atoms with van der Waals surface area (Å²) < 4.78 is 2.04. The molecule has 2 aliphatic carbocycles. The van der Waals surface area contributed by atoms with Crippen molar-refractivity contribution in [3.63, 3.8) is 0 Å². The first-order valence-corrected chi connectivity index (χ1v) is 6.64. The Morgan fingerprint density at radius 1 is 1.44 bits per heavy atom. The molecule has 88 valence electrons. The summed E-state index contributed by atoms with van der Waals surface area (Å²) >= 11 is 0. The Bertz CT molecular complexity index is 358. The Labute approximate surface area is 97.2 Å². The molecule has 2 aliphatic rings. The van der Waals surface area contributed by atoms with Gasteiger partial charge in [-0.3, -0.25) is 4.68 Å². The number of hydrogen-bond acceptors (Lipinski definition) is 2. The van der Waals surface area contributed by atoms with Gasteiger partial charge >= 0.3 is 0 Å². The quantitative estimate of drug-likeness (QED) is 0.844. The zero-order chi connectivity index (χ0) is 11.0. The van der Waals surface area contributed by atoms with Crippen LogP contribution >= 0.6 is 0 Å². The molecule has 2 bridgehead atoms. The molecule has 1 heterocycles. The van der Waals surface area contributed by atoms with Crippen molar-refractivity contribution in [2.45, 2.75) is 51.6 Å². The van der Waals surface area contributed by atoms with Gasteiger partial charge in [-0.25, -0.2) is 0 Å². The molecule has 1 aromatic heterocycles. The van der Waals surface area contributed by atoms with E-state index >= 15 is 0 Å². The third-order valence-corrected chi connectivity index (χ3v) is 4.18. The number of nitrogens with one attached hydrogen (secondary N) is 1. The molecule has 0 aliphatic heterocycles. The van der Waals surface area contributed by atoms with Crippen LogP contribution in [0.25, 0.3) is 0 Å². The number of fused-ring (bicyclic) bond motifs is 2. The van der Waals surface area contributed by atoms with E-state index < -0.39 is 0 Å². The Morgan fingerprint density at radius 2 is 2.38 bits per heavy atom. The number of aryl methyl sites for hydroxylation is 1. The van der Waals surface area contributed by atoms with Gasteiger partial charge in [-0.05, 0) is 37.5 Å². The molecule has 0 saturated heterocycles. The van der Waals surface area contributed by atoms with Crippen molar-refractivity contribution in [2.24, 2.45) is 11.8 Å². The fourth-order valence-electron chi connectivity index (χ4n) is 3.43. The van der Waals surface area contributed by atoms with Crippen LogP contribution in [0.4, 0.5) is 5.69 Å². The minimum absolute atomic E-state index is 0.720. The van der Waals surface area contributed by atoms with Gasteiger partial charge in [-0.1, -0.05) is 13.3 Å². The number of hydrogen-bond donors (Lipinski definition) is 1. The largest absolute Gasteiger partial charge is 0.379 e. The molecule has 1 N–H and O–H groups in total. The Kier molecular flexibility index (Phi) is 2.62. The third kappa shape index (κ3) is 1.83. The molecule has 0 radical (unpaired) electrons. The maximum absolute atomic E-state index is 4.36. The number of aromatic nitrogens is 2. The van der Waals surface area contributed by atoms with Gasteiger partial charge in [0.1, 0.15) is 0 Å². The number of nitrogens with zero attached hydrogens (tertiary/aromatic N) is 2. The number of anilines is 1. The minimum atomic E-state index is 0.720. The van der Waals surface area contributed by atoms with Crippen molar-refractivity contribution in [1.29, 1.82) is 0 Å².